The molecule has 2 rings (SSSR count). The summed E-state index contributed by atoms with van der Waals surface area (Å²) in [6.45, 7) is 1.21. The molecule has 37 heavy (non-hydrogen) atoms. The van der Waals surface area contributed by atoms with Gasteiger partial charge in [-0.2, -0.15) is 13.2 Å². The summed E-state index contributed by atoms with van der Waals surface area (Å²) in [5.74, 6) is -1.83. The number of hydrogen-bond donors (Lipinski definition) is 4. The van der Waals surface area contributed by atoms with Gasteiger partial charge in [0.1, 0.15) is 18.5 Å². The molecular formula is C22H27F3N6O5S. The van der Waals surface area contributed by atoms with Crippen molar-refractivity contribution in [1.29, 1.82) is 0 Å². The number of benzene rings is 1. The van der Waals surface area contributed by atoms with Crippen LogP contribution in [-0.2, 0) is 38.1 Å². The van der Waals surface area contributed by atoms with Gasteiger partial charge in [-0.3, -0.25) is 19.3 Å². The molecule has 0 saturated carbocycles. The van der Waals surface area contributed by atoms with Gasteiger partial charge in [0.25, 0.3) is 5.56 Å². The Labute approximate surface area is 210 Å². The zero-order valence-corrected chi connectivity index (χ0v) is 20.6. The van der Waals surface area contributed by atoms with E-state index in [9.17, 15) is 36.0 Å². The number of hydrogen-bond acceptors (Lipinski definition) is 6. The van der Waals surface area contributed by atoms with Crippen molar-refractivity contribution < 1.29 is 31.2 Å². The van der Waals surface area contributed by atoms with E-state index >= 15 is 0 Å². The molecule has 1 heterocycles. The number of nitrogens with one attached hydrogen (secondary N) is 2. The Bertz CT molecular complexity index is 1320. The Hall–Kier alpha value is -3.88. The number of pyridine rings is 1. The van der Waals surface area contributed by atoms with E-state index in [1.165, 1.54) is 19.1 Å². The van der Waals surface area contributed by atoms with Crippen molar-refractivity contribution in [2.75, 3.05) is 11.3 Å². The number of aldehydes is 1. The van der Waals surface area contributed by atoms with Gasteiger partial charge in [0.05, 0.1) is 17.4 Å². The molecule has 0 fully saturated rings. The van der Waals surface area contributed by atoms with E-state index in [-0.39, 0.29) is 18.9 Å². The minimum atomic E-state index is -4.76. The van der Waals surface area contributed by atoms with Crippen molar-refractivity contribution in [1.82, 2.24) is 9.88 Å². The van der Waals surface area contributed by atoms with E-state index in [1.54, 1.807) is 0 Å². The van der Waals surface area contributed by atoms with Crippen LogP contribution in [-0.4, -0.2) is 43.7 Å². The predicted molar refractivity (Wildman–Crippen MR) is 131 cm³/mol. The third-order valence-corrected chi connectivity index (χ3v) is 6.33. The van der Waals surface area contributed by atoms with Crippen molar-refractivity contribution in [2.45, 2.75) is 44.3 Å². The van der Waals surface area contributed by atoms with E-state index in [0.29, 0.717) is 18.4 Å². The maximum atomic E-state index is 13.2. The van der Waals surface area contributed by atoms with Crippen LogP contribution >= 0.6 is 0 Å². The van der Waals surface area contributed by atoms with Crippen LogP contribution in [0.5, 0.6) is 0 Å². The first-order valence-corrected chi connectivity index (χ1v) is 12.5. The van der Waals surface area contributed by atoms with Crippen LogP contribution in [0.1, 0.15) is 29.7 Å². The van der Waals surface area contributed by atoms with Gasteiger partial charge in [-0.1, -0.05) is 18.2 Å². The lowest BCUT2D eigenvalue weighted by molar-refractivity contribution is -0.138. The number of aliphatic imine (C=N–C) groups is 1. The largest absolute Gasteiger partial charge is 0.416 e. The number of carbonyl (C=O) groups excluding carboxylic acids is 2. The van der Waals surface area contributed by atoms with Gasteiger partial charge in [-0.15, -0.1) is 0 Å². The molecule has 1 aromatic carbocycles. The number of nitrogens with zero attached hydrogens (tertiary/aromatic N) is 2. The van der Waals surface area contributed by atoms with Gasteiger partial charge < -0.3 is 26.1 Å². The second-order valence-electron chi connectivity index (χ2n) is 8.05. The highest BCUT2D eigenvalue weighted by Gasteiger charge is 2.34. The zero-order valence-electron chi connectivity index (χ0n) is 19.8. The first-order valence-electron chi connectivity index (χ1n) is 10.9. The molecular weight excluding hydrogens is 517 g/mol. The maximum Gasteiger partial charge on any atom is 0.416 e. The number of aryl methyl sites for hydroxylation is 1. The lowest BCUT2D eigenvalue weighted by Gasteiger charge is -2.16. The number of rotatable bonds is 12. The fraction of sp³-hybridized carbons (Fsp3) is 0.364. The standard InChI is InChI=1S/C22H27F3N6O5S/c1-14-8-9-18(30-37(35,36)13-15-5-2-3-7-17(15)22(23,24)25)20(34)31(14)11-19(33)29-16(12-32)6-4-10-28-21(26)27/h2-3,5,7-9,12,16,30H,4,6,10-11,13H2,1H3,(H,29,33)(H4,26,27,28). The van der Waals surface area contributed by atoms with E-state index in [1.807, 2.05) is 4.72 Å². The topological polar surface area (TPSA) is 179 Å². The molecule has 0 spiro atoms. The Morgan fingerprint density at radius 1 is 1.19 bits per heavy atom. The summed E-state index contributed by atoms with van der Waals surface area (Å²) in [6.07, 6.45) is -3.61. The first-order chi connectivity index (χ1) is 17.2. The number of amides is 1. The van der Waals surface area contributed by atoms with Gasteiger partial charge in [0.2, 0.25) is 15.9 Å². The molecule has 0 bridgehead atoms. The molecule has 11 nitrogen and oxygen atoms in total. The molecule has 1 aromatic heterocycles. The Kier molecular flexibility index (Phi) is 9.82. The Balaban J connectivity index is 2.16. The minimum Gasteiger partial charge on any atom is -0.370 e. The van der Waals surface area contributed by atoms with Crippen LogP contribution in [0.15, 0.2) is 46.2 Å². The first kappa shape index (κ1) is 29.4. The molecule has 0 saturated heterocycles. The Morgan fingerprint density at radius 2 is 1.86 bits per heavy atom. The zero-order chi connectivity index (χ0) is 27.8. The maximum absolute atomic E-state index is 13.2. The van der Waals surface area contributed by atoms with E-state index in [0.717, 1.165) is 28.8 Å². The SMILES string of the molecule is Cc1ccc(NS(=O)(=O)Cc2ccccc2C(F)(F)F)c(=O)n1CC(=O)NC(C=O)CCCN=C(N)N. The van der Waals surface area contributed by atoms with Gasteiger partial charge in [-0.25, -0.2) is 8.42 Å². The summed E-state index contributed by atoms with van der Waals surface area (Å²) in [7, 11) is -4.43. The van der Waals surface area contributed by atoms with Crippen molar-refractivity contribution in [2.24, 2.45) is 16.5 Å². The van der Waals surface area contributed by atoms with Crippen LogP contribution in [0, 0.1) is 6.92 Å². The van der Waals surface area contributed by atoms with Gasteiger partial charge in [0, 0.05) is 12.2 Å². The van der Waals surface area contributed by atoms with Crippen molar-refractivity contribution in [3.8, 4) is 0 Å². The molecule has 1 unspecified atom stereocenters. The summed E-state index contributed by atoms with van der Waals surface area (Å²) in [5, 5.41) is 2.46. The molecule has 15 heteroatoms. The monoisotopic (exact) mass is 544 g/mol. The second kappa shape index (κ2) is 12.4. The van der Waals surface area contributed by atoms with E-state index in [2.05, 4.69) is 10.3 Å². The highest BCUT2D eigenvalue weighted by Crippen LogP contribution is 2.32. The fourth-order valence-corrected chi connectivity index (χ4v) is 4.59. The molecule has 6 N–H and O–H groups in total. The van der Waals surface area contributed by atoms with Crippen molar-refractivity contribution in [3.63, 3.8) is 0 Å². The lowest BCUT2D eigenvalue weighted by atomic mass is 10.1. The van der Waals surface area contributed by atoms with Crippen molar-refractivity contribution in [3.05, 3.63) is 63.6 Å². The number of anilines is 1. The van der Waals surface area contributed by atoms with Gasteiger partial charge in [0.15, 0.2) is 5.96 Å². The molecule has 202 valence electrons. The van der Waals surface area contributed by atoms with Crippen LogP contribution in [0.4, 0.5) is 18.9 Å². The lowest BCUT2D eigenvalue weighted by Crippen LogP contribution is -2.40. The number of sulfonamides is 1. The average Bonchev–Trinajstić information content (AvgIpc) is 2.79. The fourth-order valence-electron chi connectivity index (χ4n) is 3.37. The van der Waals surface area contributed by atoms with E-state index < -0.39 is 62.8 Å². The molecule has 0 aliphatic carbocycles. The normalized spacial score (nSPS) is 12.4. The third kappa shape index (κ3) is 8.93. The highest BCUT2D eigenvalue weighted by molar-refractivity contribution is 7.91. The van der Waals surface area contributed by atoms with Crippen LogP contribution in [0.3, 0.4) is 0 Å². The smallest absolute Gasteiger partial charge is 0.370 e. The molecule has 2 aromatic rings. The number of aromatic nitrogens is 1. The van der Waals surface area contributed by atoms with Crippen LogP contribution in [0.2, 0.25) is 0 Å². The summed E-state index contributed by atoms with van der Waals surface area (Å²) >= 11 is 0. The van der Waals surface area contributed by atoms with Crippen LogP contribution in [0.25, 0.3) is 0 Å². The Morgan fingerprint density at radius 3 is 2.49 bits per heavy atom. The molecule has 0 aliphatic heterocycles. The third-order valence-electron chi connectivity index (χ3n) is 5.11. The van der Waals surface area contributed by atoms with E-state index in [4.69, 9.17) is 11.5 Å². The minimum absolute atomic E-state index is 0.110. The number of carbonyl (C=O) groups is 2. The number of halogens is 3. The number of alkyl halides is 3. The average molecular weight is 545 g/mol. The molecule has 1 amide bonds. The van der Waals surface area contributed by atoms with Gasteiger partial charge in [-0.05, 0) is 43.5 Å². The summed E-state index contributed by atoms with van der Waals surface area (Å²) in [5.41, 5.74) is 7.80. The number of guanidine groups is 1. The summed E-state index contributed by atoms with van der Waals surface area (Å²) < 4.78 is 67.8. The molecule has 0 radical (unpaired) electrons. The molecule has 1 atom stereocenters. The molecule has 0 aliphatic rings. The predicted octanol–water partition coefficient (Wildman–Crippen LogP) is 0.855. The highest BCUT2D eigenvalue weighted by atomic mass is 32.2. The number of nitrogens with two attached hydrogens (primary N) is 2. The van der Waals surface area contributed by atoms with Crippen molar-refractivity contribution >= 4 is 33.9 Å². The second-order valence-corrected chi connectivity index (χ2v) is 9.78. The quantitative estimate of drug-likeness (QED) is 0.132. The summed E-state index contributed by atoms with van der Waals surface area (Å²) in [4.78, 5) is 40.4. The summed E-state index contributed by atoms with van der Waals surface area (Å²) in [6, 6.07) is 5.84. The van der Waals surface area contributed by atoms with Gasteiger partial charge >= 0.3 is 6.18 Å². The van der Waals surface area contributed by atoms with Crippen LogP contribution < -0.4 is 27.1 Å².